The van der Waals surface area contributed by atoms with Crippen molar-refractivity contribution >= 4 is 23.4 Å². The van der Waals surface area contributed by atoms with Crippen LogP contribution in [0.5, 0.6) is 11.5 Å². The van der Waals surface area contributed by atoms with Crippen LogP contribution in [-0.2, 0) is 16.1 Å². The molecule has 9 heteroatoms. The third-order valence-corrected chi connectivity index (χ3v) is 5.55. The van der Waals surface area contributed by atoms with Crippen molar-refractivity contribution in [2.24, 2.45) is 0 Å². The van der Waals surface area contributed by atoms with E-state index in [-0.39, 0.29) is 24.2 Å². The molecule has 0 saturated carbocycles. The van der Waals surface area contributed by atoms with E-state index in [2.05, 4.69) is 4.98 Å². The van der Waals surface area contributed by atoms with Crippen molar-refractivity contribution in [1.29, 1.82) is 0 Å². The number of amides is 3. The molecule has 0 spiro atoms. The number of pyridine rings is 1. The largest absolute Gasteiger partial charge is 0.493 e. The lowest BCUT2D eigenvalue weighted by Gasteiger charge is -2.28. The normalized spacial score (nSPS) is 15.4. The van der Waals surface area contributed by atoms with Gasteiger partial charge in [-0.1, -0.05) is 6.07 Å². The van der Waals surface area contributed by atoms with Gasteiger partial charge in [-0.25, -0.2) is 9.29 Å². The first-order valence-corrected chi connectivity index (χ1v) is 10.5. The first kappa shape index (κ1) is 22.9. The summed E-state index contributed by atoms with van der Waals surface area (Å²) >= 11 is 0. The van der Waals surface area contributed by atoms with Crippen LogP contribution in [0.25, 0.3) is 0 Å². The first-order valence-electron chi connectivity index (χ1n) is 10.5. The number of nitrogens with zero attached hydrogens (tertiary/aromatic N) is 3. The molecule has 0 N–H and O–H groups in total. The summed E-state index contributed by atoms with van der Waals surface area (Å²) in [4.78, 5) is 46.2. The van der Waals surface area contributed by atoms with E-state index in [9.17, 15) is 18.8 Å². The SMILES string of the molecule is COc1ccc(C(=O)N(Cc2cccnc2)C2CC(=O)N(c3ccc(F)cc3)C2=O)cc1OC. The van der Waals surface area contributed by atoms with Crippen molar-refractivity contribution in [3.63, 3.8) is 0 Å². The number of benzene rings is 2. The van der Waals surface area contributed by atoms with Crippen LogP contribution >= 0.6 is 0 Å². The lowest BCUT2D eigenvalue weighted by atomic mass is 10.1. The number of carbonyl (C=O) groups is 3. The van der Waals surface area contributed by atoms with Gasteiger partial charge in [0.25, 0.3) is 11.8 Å². The first-order chi connectivity index (χ1) is 16.4. The van der Waals surface area contributed by atoms with Gasteiger partial charge in [-0.05, 0) is 54.1 Å². The second-order valence-electron chi connectivity index (χ2n) is 7.63. The number of ether oxygens (including phenoxy) is 2. The zero-order valence-corrected chi connectivity index (χ0v) is 18.6. The van der Waals surface area contributed by atoms with Gasteiger partial charge in [0.15, 0.2) is 11.5 Å². The lowest BCUT2D eigenvalue weighted by molar-refractivity contribution is -0.122. The van der Waals surface area contributed by atoms with E-state index >= 15 is 0 Å². The summed E-state index contributed by atoms with van der Waals surface area (Å²) in [5.41, 5.74) is 1.21. The number of rotatable bonds is 7. The average Bonchev–Trinajstić information content (AvgIpc) is 3.16. The Hall–Kier alpha value is -4.27. The van der Waals surface area contributed by atoms with Gasteiger partial charge in [0.1, 0.15) is 11.9 Å². The van der Waals surface area contributed by atoms with Crippen LogP contribution in [0.4, 0.5) is 10.1 Å². The molecule has 174 valence electrons. The minimum absolute atomic E-state index is 0.0575. The molecule has 34 heavy (non-hydrogen) atoms. The number of hydrogen-bond acceptors (Lipinski definition) is 6. The highest BCUT2D eigenvalue weighted by molar-refractivity contribution is 6.23. The molecule has 1 aromatic heterocycles. The van der Waals surface area contributed by atoms with Crippen molar-refractivity contribution in [2.75, 3.05) is 19.1 Å². The third kappa shape index (κ3) is 4.45. The molecular weight excluding hydrogens is 441 g/mol. The Kier molecular flexibility index (Phi) is 6.53. The van der Waals surface area contributed by atoms with Crippen LogP contribution in [0.15, 0.2) is 67.0 Å². The summed E-state index contributed by atoms with van der Waals surface area (Å²) in [6, 6.07) is 12.2. The number of halogens is 1. The van der Waals surface area contributed by atoms with Gasteiger partial charge in [-0.15, -0.1) is 0 Å². The molecule has 1 fully saturated rings. The predicted molar refractivity (Wildman–Crippen MR) is 121 cm³/mol. The zero-order chi connectivity index (χ0) is 24.2. The fourth-order valence-corrected chi connectivity index (χ4v) is 3.87. The van der Waals surface area contributed by atoms with Gasteiger partial charge < -0.3 is 14.4 Å². The molecule has 0 bridgehead atoms. The van der Waals surface area contributed by atoms with Gasteiger partial charge >= 0.3 is 0 Å². The van der Waals surface area contributed by atoms with Crippen molar-refractivity contribution < 1.29 is 28.2 Å². The van der Waals surface area contributed by atoms with Gasteiger partial charge in [-0.2, -0.15) is 0 Å². The highest BCUT2D eigenvalue weighted by Gasteiger charge is 2.44. The molecule has 2 aromatic carbocycles. The summed E-state index contributed by atoms with van der Waals surface area (Å²) in [5.74, 6) is -1.17. The van der Waals surface area contributed by atoms with E-state index in [4.69, 9.17) is 9.47 Å². The summed E-state index contributed by atoms with van der Waals surface area (Å²) < 4.78 is 23.9. The molecular formula is C25H22FN3O5. The Balaban J connectivity index is 1.70. The summed E-state index contributed by atoms with van der Waals surface area (Å²) in [6.07, 6.45) is 2.99. The maximum atomic E-state index is 13.6. The van der Waals surface area contributed by atoms with Crippen molar-refractivity contribution in [2.45, 2.75) is 19.0 Å². The Morgan fingerprint density at radius 2 is 1.82 bits per heavy atom. The minimum Gasteiger partial charge on any atom is -0.493 e. The minimum atomic E-state index is -1.04. The van der Waals surface area contributed by atoms with E-state index in [0.717, 1.165) is 4.90 Å². The molecule has 1 aliphatic heterocycles. The van der Waals surface area contributed by atoms with Crippen LogP contribution in [0.1, 0.15) is 22.3 Å². The van der Waals surface area contributed by atoms with E-state index in [0.29, 0.717) is 17.1 Å². The van der Waals surface area contributed by atoms with E-state index in [1.54, 1.807) is 36.7 Å². The molecule has 0 aliphatic carbocycles. The highest BCUT2D eigenvalue weighted by atomic mass is 19.1. The number of imide groups is 1. The number of carbonyl (C=O) groups excluding carboxylic acids is 3. The standard InChI is InChI=1S/C25H22FN3O5/c1-33-21-10-5-17(12-22(21)34-2)24(31)28(15-16-4-3-11-27-14-16)20-13-23(30)29(25(20)32)19-8-6-18(26)7-9-19/h3-12,14,20H,13,15H2,1-2H3. The Bertz CT molecular complexity index is 1220. The van der Waals surface area contributed by atoms with E-state index in [1.165, 1.54) is 49.5 Å². The smallest absolute Gasteiger partial charge is 0.257 e. The monoisotopic (exact) mass is 463 g/mol. The van der Waals surface area contributed by atoms with Gasteiger partial charge in [0.05, 0.1) is 26.3 Å². The maximum absolute atomic E-state index is 13.6. The topological polar surface area (TPSA) is 89.0 Å². The number of anilines is 1. The second kappa shape index (κ2) is 9.70. The molecule has 0 radical (unpaired) electrons. The molecule has 3 aromatic rings. The second-order valence-corrected chi connectivity index (χ2v) is 7.63. The van der Waals surface area contributed by atoms with Gasteiger partial charge in [0.2, 0.25) is 5.91 Å². The molecule has 1 atom stereocenters. The average molecular weight is 463 g/mol. The summed E-state index contributed by atoms with van der Waals surface area (Å²) in [6.45, 7) is 0.0575. The summed E-state index contributed by atoms with van der Waals surface area (Å²) in [5, 5.41) is 0. The van der Waals surface area contributed by atoms with Gasteiger partial charge in [-0.3, -0.25) is 19.4 Å². The fourth-order valence-electron chi connectivity index (χ4n) is 3.87. The van der Waals surface area contributed by atoms with Crippen molar-refractivity contribution in [3.05, 3.63) is 83.9 Å². The van der Waals surface area contributed by atoms with Crippen LogP contribution in [-0.4, -0.2) is 47.9 Å². The van der Waals surface area contributed by atoms with Crippen LogP contribution in [0, 0.1) is 5.82 Å². The third-order valence-electron chi connectivity index (χ3n) is 5.55. The molecule has 3 amide bonds. The highest BCUT2D eigenvalue weighted by Crippen LogP contribution is 2.31. The Labute approximate surface area is 195 Å². The quantitative estimate of drug-likeness (QED) is 0.500. The molecule has 1 aliphatic rings. The van der Waals surface area contributed by atoms with Crippen LogP contribution in [0.2, 0.25) is 0 Å². The Morgan fingerprint density at radius 3 is 2.47 bits per heavy atom. The summed E-state index contributed by atoms with van der Waals surface area (Å²) in [7, 11) is 2.94. The maximum Gasteiger partial charge on any atom is 0.257 e. The van der Waals surface area contributed by atoms with Crippen molar-refractivity contribution in [3.8, 4) is 11.5 Å². The molecule has 4 rings (SSSR count). The van der Waals surface area contributed by atoms with Crippen molar-refractivity contribution in [1.82, 2.24) is 9.88 Å². The Morgan fingerprint density at radius 1 is 1.09 bits per heavy atom. The molecule has 1 saturated heterocycles. The fraction of sp³-hybridized carbons (Fsp3) is 0.200. The number of hydrogen-bond donors (Lipinski definition) is 0. The van der Waals surface area contributed by atoms with E-state index in [1.807, 2.05) is 0 Å². The number of methoxy groups -OCH3 is 2. The predicted octanol–water partition coefficient (Wildman–Crippen LogP) is 3.21. The zero-order valence-electron chi connectivity index (χ0n) is 18.6. The van der Waals surface area contributed by atoms with Crippen LogP contribution < -0.4 is 14.4 Å². The molecule has 8 nitrogen and oxygen atoms in total. The molecule has 2 heterocycles. The number of aromatic nitrogens is 1. The lowest BCUT2D eigenvalue weighted by Crippen LogP contribution is -2.45. The van der Waals surface area contributed by atoms with E-state index < -0.39 is 29.6 Å². The molecule has 1 unspecified atom stereocenters. The van der Waals surface area contributed by atoms with Gasteiger partial charge in [0, 0.05) is 24.5 Å². The van der Waals surface area contributed by atoms with Crippen LogP contribution in [0.3, 0.4) is 0 Å².